The average Bonchev–Trinajstić information content (AvgIpc) is 2.48. The minimum Gasteiger partial charge on any atom is -0.321 e. The fourth-order valence-corrected chi connectivity index (χ4v) is 2.23. The Balaban J connectivity index is 2.01. The Morgan fingerprint density at radius 2 is 1.70 bits per heavy atom. The summed E-state index contributed by atoms with van der Waals surface area (Å²) in [6.45, 7) is 0. The predicted molar refractivity (Wildman–Crippen MR) is 81.1 cm³/mol. The normalized spacial score (nSPS) is 10.4. The number of nitrogens with zero attached hydrogens (tertiary/aromatic N) is 1. The molecule has 0 fully saturated rings. The zero-order valence-electron chi connectivity index (χ0n) is 10.5. The zero-order valence-corrected chi connectivity index (χ0v) is 11.3. The minimum atomic E-state index is -0.169. The van der Waals surface area contributed by atoms with E-state index in [1.54, 1.807) is 18.2 Å². The largest absolute Gasteiger partial charge is 0.321 e. The van der Waals surface area contributed by atoms with E-state index in [1.807, 2.05) is 42.5 Å². The summed E-state index contributed by atoms with van der Waals surface area (Å²) in [7, 11) is 0. The average molecular weight is 283 g/mol. The molecule has 0 aliphatic heterocycles. The van der Waals surface area contributed by atoms with E-state index in [-0.39, 0.29) is 5.91 Å². The van der Waals surface area contributed by atoms with Crippen LogP contribution in [0.15, 0.2) is 60.7 Å². The van der Waals surface area contributed by atoms with Gasteiger partial charge in [0.1, 0.15) is 5.15 Å². The van der Waals surface area contributed by atoms with Gasteiger partial charge >= 0.3 is 0 Å². The van der Waals surface area contributed by atoms with E-state index < -0.39 is 0 Å². The molecule has 0 bridgehead atoms. The van der Waals surface area contributed by atoms with E-state index in [2.05, 4.69) is 10.3 Å². The van der Waals surface area contributed by atoms with Crippen molar-refractivity contribution in [1.29, 1.82) is 0 Å². The summed E-state index contributed by atoms with van der Waals surface area (Å²) in [5, 5.41) is 4.09. The first-order chi connectivity index (χ1) is 9.74. The molecule has 0 unspecified atom stereocenters. The van der Waals surface area contributed by atoms with Gasteiger partial charge < -0.3 is 5.32 Å². The number of benzene rings is 2. The highest BCUT2D eigenvalue weighted by molar-refractivity contribution is 6.30. The molecule has 0 spiro atoms. The van der Waals surface area contributed by atoms with Gasteiger partial charge in [0.2, 0.25) is 0 Å². The molecule has 1 N–H and O–H groups in total. The van der Waals surface area contributed by atoms with Crippen molar-refractivity contribution >= 4 is 34.1 Å². The second kappa shape index (κ2) is 5.31. The van der Waals surface area contributed by atoms with E-state index in [9.17, 15) is 4.79 Å². The molecule has 1 aromatic heterocycles. The van der Waals surface area contributed by atoms with Crippen LogP contribution in [0.25, 0.3) is 10.9 Å². The highest BCUT2D eigenvalue weighted by atomic mass is 35.5. The molecule has 0 aliphatic rings. The Bertz CT molecular complexity index is 772. The van der Waals surface area contributed by atoms with E-state index in [1.165, 1.54) is 0 Å². The Kier molecular flexibility index (Phi) is 3.35. The van der Waals surface area contributed by atoms with Crippen LogP contribution in [-0.4, -0.2) is 10.9 Å². The number of fused-ring (bicyclic) bond motifs is 1. The number of carbonyl (C=O) groups excluding carboxylic acids is 1. The third-order valence-corrected chi connectivity index (χ3v) is 3.16. The summed E-state index contributed by atoms with van der Waals surface area (Å²) < 4.78 is 0. The van der Waals surface area contributed by atoms with Crippen molar-refractivity contribution in [3.8, 4) is 0 Å². The smallest absolute Gasteiger partial charge is 0.255 e. The fourth-order valence-electron chi connectivity index (χ4n) is 2.03. The van der Waals surface area contributed by atoms with Crippen LogP contribution in [0.3, 0.4) is 0 Å². The van der Waals surface area contributed by atoms with Gasteiger partial charge in [-0.3, -0.25) is 4.79 Å². The zero-order chi connectivity index (χ0) is 13.9. The molecule has 3 nitrogen and oxygen atoms in total. The first-order valence-electron chi connectivity index (χ1n) is 6.16. The Labute approximate surface area is 121 Å². The van der Waals surface area contributed by atoms with Gasteiger partial charge in [-0.25, -0.2) is 4.98 Å². The van der Waals surface area contributed by atoms with Gasteiger partial charge in [-0.15, -0.1) is 0 Å². The van der Waals surface area contributed by atoms with Gasteiger partial charge in [0.25, 0.3) is 5.91 Å². The van der Waals surface area contributed by atoms with Crippen molar-refractivity contribution in [2.75, 3.05) is 5.32 Å². The highest BCUT2D eigenvalue weighted by Gasteiger charge is 2.09. The maximum Gasteiger partial charge on any atom is 0.255 e. The number of para-hydroxylation sites is 1. The molecule has 2 aromatic carbocycles. The molecule has 98 valence electrons. The van der Waals surface area contributed by atoms with E-state index in [4.69, 9.17) is 11.6 Å². The summed E-state index contributed by atoms with van der Waals surface area (Å²) in [6, 6.07) is 18.3. The van der Waals surface area contributed by atoms with Crippen LogP contribution in [0.4, 0.5) is 5.69 Å². The van der Waals surface area contributed by atoms with Crippen LogP contribution in [-0.2, 0) is 0 Å². The standard InChI is InChI=1S/C16H11ClN2O/c17-15-10-14(12-8-4-5-9-13(12)18-15)19-16(20)11-6-2-1-3-7-11/h1-10H,(H,18,19,20). The number of halogens is 1. The molecular formula is C16H11ClN2O. The topological polar surface area (TPSA) is 42.0 Å². The molecular weight excluding hydrogens is 272 g/mol. The van der Waals surface area contributed by atoms with Crippen LogP contribution in [0.1, 0.15) is 10.4 Å². The quantitative estimate of drug-likeness (QED) is 0.718. The summed E-state index contributed by atoms with van der Waals surface area (Å²) in [4.78, 5) is 16.4. The van der Waals surface area contributed by atoms with Gasteiger partial charge in [0.05, 0.1) is 11.2 Å². The van der Waals surface area contributed by atoms with Crippen LogP contribution < -0.4 is 5.32 Å². The van der Waals surface area contributed by atoms with E-state index >= 15 is 0 Å². The van der Waals surface area contributed by atoms with Crippen LogP contribution in [0.2, 0.25) is 5.15 Å². The number of nitrogens with one attached hydrogen (secondary N) is 1. The second-order valence-electron chi connectivity index (χ2n) is 4.33. The van der Waals surface area contributed by atoms with Crippen LogP contribution in [0.5, 0.6) is 0 Å². The maximum atomic E-state index is 12.2. The lowest BCUT2D eigenvalue weighted by Crippen LogP contribution is -2.12. The van der Waals surface area contributed by atoms with Crippen molar-refractivity contribution in [3.63, 3.8) is 0 Å². The summed E-state index contributed by atoms with van der Waals surface area (Å²) in [5.41, 5.74) is 2.02. The SMILES string of the molecule is O=C(Nc1cc(Cl)nc2ccccc12)c1ccccc1. The monoisotopic (exact) mass is 282 g/mol. The minimum absolute atomic E-state index is 0.169. The molecule has 0 saturated carbocycles. The maximum absolute atomic E-state index is 12.2. The lowest BCUT2D eigenvalue weighted by molar-refractivity contribution is 0.102. The van der Waals surface area contributed by atoms with Crippen molar-refractivity contribution in [3.05, 3.63) is 71.4 Å². The van der Waals surface area contributed by atoms with Crippen molar-refractivity contribution in [2.24, 2.45) is 0 Å². The van der Waals surface area contributed by atoms with Gasteiger partial charge in [-0.2, -0.15) is 0 Å². The number of aromatic nitrogens is 1. The number of carbonyl (C=O) groups is 1. The first kappa shape index (κ1) is 12.6. The molecule has 0 radical (unpaired) electrons. The number of pyridine rings is 1. The number of hydrogen-bond acceptors (Lipinski definition) is 2. The van der Waals surface area contributed by atoms with E-state index in [0.717, 1.165) is 10.9 Å². The third kappa shape index (κ3) is 2.49. The molecule has 3 aromatic rings. The molecule has 3 rings (SSSR count). The van der Waals surface area contributed by atoms with Gasteiger partial charge in [0, 0.05) is 10.9 Å². The van der Waals surface area contributed by atoms with Crippen molar-refractivity contribution < 1.29 is 4.79 Å². The lowest BCUT2D eigenvalue weighted by Gasteiger charge is -2.09. The molecule has 0 saturated heterocycles. The van der Waals surface area contributed by atoms with Gasteiger partial charge in [-0.1, -0.05) is 48.0 Å². The molecule has 20 heavy (non-hydrogen) atoms. The van der Waals surface area contributed by atoms with Gasteiger partial charge in [-0.05, 0) is 24.3 Å². The number of amides is 1. The van der Waals surface area contributed by atoms with Crippen LogP contribution >= 0.6 is 11.6 Å². The Morgan fingerprint density at radius 1 is 1.00 bits per heavy atom. The molecule has 0 aliphatic carbocycles. The Morgan fingerprint density at radius 3 is 2.50 bits per heavy atom. The summed E-state index contributed by atoms with van der Waals surface area (Å²) in [5.74, 6) is -0.169. The number of anilines is 1. The number of hydrogen-bond donors (Lipinski definition) is 1. The lowest BCUT2D eigenvalue weighted by atomic mass is 10.1. The first-order valence-corrected chi connectivity index (χ1v) is 6.53. The number of rotatable bonds is 2. The molecule has 0 atom stereocenters. The Hall–Kier alpha value is -2.39. The van der Waals surface area contributed by atoms with Gasteiger partial charge in [0.15, 0.2) is 0 Å². The van der Waals surface area contributed by atoms with E-state index in [0.29, 0.717) is 16.4 Å². The molecule has 1 heterocycles. The molecule has 4 heteroatoms. The van der Waals surface area contributed by atoms with Crippen molar-refractivity contribution in [1.82, 2.24) is 4.98 Å². The highest BCUT2D eigenvalue weighted by Crippen LogP contribution is 2.25. The fraction of sp³-hybridized carbons (Fsp3) is 0. The van der Waals surface area contributed by atoms with Crippen LogP contribution in [0, 0.1) is 0 Å². The van der Waals surface area contributed by atoms with Crippen molar-refractivity contribution in [2.45, 2.75) is 0 Å². The second-order valence-corrected chi connectivity index (χ2v) is 4.72. The molecule has 1 amide bonds. The summed E-state index contributed by atoms with van der Waals surface area (Å²) in [6.07, 6.45) is 0. The third-order valence-electron chi connectivity index (χ3n) is 2.97. The summed E-state index contributed by atoms with van der Waals surface area (Å²) >= 11 is 5.99. The predicted octanol–water partition coefficient (Wildman–Crippen LogP) is 4.14.